The van der Waals surface area contributed by atoms with E-state index in [2.05, 4.69) is 20.5 Å². The van der Waals surface area contributed by atoms with Crippen molar-refractivity contribution in [1.29, 1.82) is 0 Å². The summed E-state index contributed by atoms with van der Waals surface area (Å²) in [6.07, 6.45) is -0.209. The number of aromatic nitrogens is 6. The topological polar surface area (TPSA) is 81.9 Å². The molecule has 0 N–H and O–H groups in total. The molecule has 3 aromatic heterocycles. The molecule has 1 aromatic carbocycles. The lowest BCUT2D eigenvalue weighted by atomic mass is 9.97. The zero-order valence-corrected chi connectivity index (χ0v) is 18.7. The Labute approximate surface area is 197 Å². The molecule has 4 heterocycles. The Hall–Kier alpha value is -3.54. The quantitative estimate of drug-likeness (QED) is 0.396. The second-order valence-electron chi connectivity index (χ2n) is 7.88. The third kappa shape index (κ3) is 5.01. The summed E-state index contributed by atoms with van der Waals surface area (Å²) in [7, 11) is 0. The third-order valence-electron chi connectivity index (χ3n) is 5.65. The SMILES string of the molecule is FC(F)(F)c1ccc(N2CCC(c3nc(COc4ccc(-n5cnnn5)cc4)cs3)CC2)nc1. The minimum atomic E-state index is -4.37. The second-order valence-corrected chi connectivity index (χ2v) is 8.77. The first-order valence-electron chi connectivity index (χ1n) is 10.6. The van der Waals surface area contributed by atoms with Gasteiger partial charge in [-0.15, -0.1) is 16.4 Å². The predicted molar refractivity (Wildman–Crippen MR) is 119 cm³/mol. The average molecular weight is 488 g/mol. The number of anilines is 1. The van der Waals surface area contributed by atoms with Gasteiger partial charge in [0.2, 0.25) is 0 Å². The fraction of sp³-hybridized carbons (Fsp3) is 0.318. The highest BCUT2D eigenvalue weighted by atomic mass is 32.1. The van der Waals surface area contributed by atoms with E-state index in [1.165, 1.54) is 12.4 Å². The molecular formula is C22H20F3N7OS. The van der Waals surface area contributed by atoms with Crippen LogP contribution < -0.4 is 9.64 Å². The fourth-order valence-electron chi connectivity index (χ4n) is 3.80. The molecule has 0 radical (unpaired) electrons. The van der Waals surface area contributed by atoms with Crippen molar-refractivity contribution in [1.82, 2.24) is 30.2 Å². The Morgan fingerprint density at radius 3 is 2.50 bits per heavy atom. The van der Waals surface area contributed by atoms with Gasteiger partial charge in [0, 0.05) is 30.6 Å². The predicted octanol–water partition coefficient (Wildman–Crippen LogP) is 4.50. The Bertz CT molecular complexity index is 1200. The number of hydrogen-bond donors (Lipinski definition) is 0. The summed E-state index contributed by atoms with van der Waals surface area (Å²) in [5.41, 5.74) is 0.981. The lowest BCUT2D eigenvalue weighted by Crippen LogP contribution is -2.33. The zero-order valence-electron chi connectivity index (χ0n) is 17.9. The molecule has 1 aliphatic heterocycles. The van der Waals surface area contributed by atoms with Gasteiger partial charge in [-0.25, -0.2) is 14.6 Å². The molecule has 8 nitrogen and oxygen atoms in total. The van der Waals surface area contributed by atoms with Crippen molar-refractivity contribution < 1.29 is 17.9 Å². The first-order valence-corrected chi connectivity index (χ1v) is 11.5. The summed E-state index contributed by atoms with van der Waals surface area (Å²) in [6, 6.07) is 9.98. The van der Waals surface area contributed by atoms with Gasteiger partial charge < -0.3 is 9.64 Å². The molecule has 176 valence electrons. The molecule has 0 amide bonds. The molecular weight excluding hydrogens is 467 g/mol. The highest BCUT2D eigenvalue weighted by Crippen LogP contribution is 2.33. The molecule has 1 aliphatic rings. The van der Waals surface area contributed by atoms with Gasteiger partial charge in [0.15, 0.2) is 0 Å². The molecule has 0 saturated carbocycles. The number of ether oxygens (including phenoxy) is 1. The van der Waals surface area contributed by atoms with Crippen LogP contribution in [0.25, 0.3) is 5.69 Å². The van der Waals surface area contributed by atoms with E-state index in [-0.39, 0.29) is 0 Å². The maximum atomic E-state index is 12.7. The van der Waals surface area contributed by atoms with Gasteiger partial charge in [-0.3, -0.25) is 0 Å². The van der Waals surface area contributed by atoms with Crippen molar-refractivity contribution in [2.45, 2.75) is 31.5 Å². The third-order valence-corrected chi connectivity index (χ3v) is 6.71. The summed E-state index contributed by atoms with van der Waals surface area (Å²) in [5.74, 6) is 1.62. The first-order chi connectivity index (χ1) is 16.5. The summed E-state index contributed by atoms with van der Waals surface area (Å²) in [4.78, 5) is 10.8. The van der Waals surface area contributed by atoms with Gasteiger partial charge in [0.25, 0.3) is 0 Å². The Kier molecular flexibility index (Phi) is 6.14. The molecule has 5 rings (SSSR count). The number of thiazole rings is 1. The number of pyridine rings is 1. The van der Waals surface area contributed by atoms with Crippen LogP contribution in [0.3, 0.4) is 0 Å². The number of rotatable bonds is 6. The molecule has 0 unspecified atom stereocenters. The van der Waals surface area contributed by atoms with E-state index in [0.29, 0.717) is 18.3 Å². The number of alkyl halides is 3. The molecule has 1 fully saturated rings. The van der Waals surface area contributed by atoms with Crippen molar-refractivity contribution in [3.05, 3.63) is 70.6 Å². The lowest BCUT2D eigenvalue weighted by molar-refractivity contribution is -0.137. The highest BCUT2D eigenvalue weighted by molar-refractivity contribution is 7.09. The van der Waals surface area contributed by atoms with Crippen LogP contribution in [0.4, 0.5) is 19.0 Å². The summed E-state index contributed by atoms with van der Waals surface area (Å²) < 4.78 is 45.7. The normalized spacial score (nSPS) is 15.0. The van der Waals surface area contributed by atoms with Crippen LogP contribution in [0.1, 0.15) is 35.0 Å². The van der Waals surface area contributed by atoms with Gasteiger partial charge in [-0.05, 0) is 59.7 Å². The molecule has 0 bridgehead atoms. The number of benzene rings is 1. The number of hydrogen-bond acceptors (Lipinski definition) is 8. The van der Waals surface area contributed by atoms with Crippen molar-refractivity contribution in [3.63, 3.8) is 0 Å². The molecule has 0 atom stereocenters. The van der Waals surface area contributed by atoms with Crippen LogP contribution in [-0.2, 0) is 12.8 Å². The fourth-order valence-corrected chi connectivity index (χ4v) is 4.78. The maximum absolute atomic E-state index is 12.7. The molecule has 1 saturated heterocycles. The smallest absolute Gasteiger partial charge is 0.417 e. The number of nitrogens with zero attached hydrogens (tertiary/aromatic N) is 7. The lowest BCUT2D eigenvalue weighted by Gasteiger charge is -2.32. The van der Waals surface area contributed by atoms with Crippen molar-refractivity contribution in [3.8, 4) is 11.4 Å². The summed E-state index contributed by atoms with van der Waals surface area (Å²) >= 11 is 1.62. The number of piperidine rings is 1. The second kappa shape index (κ2) is 9.37. The molecule has 34 heavy (non-hydrogen) atoms. The summed E-state index contributed by atoms with van der Waals surface area (Å²) in [6.45, 7) is 1.82. The van der Waals surface area contributed by atoms with Gasteiger partial charge in [0.05, 0.1) is 22.0 Å². The van der Waals surface area contributed by atoms with E-state index in [1.807, 2.05) is 34.5 Å². The van der Waals surface area contributed by atoms with Gasteiger partial charge in [-0.2, -0.15) is 13.2 Å². The van der Waals surface area contributed by atoms with Crippen LogP contribution >= 0.6 is 11.3 Å². The van der Waals surface area contributed by atoms with Crippen LogP contribution in [0.5, 0.6) is 5.75 Å². The standard InChI is InChI=1S/C22H20F3N7OS/c23-22(24,25)16-1-6-20(26-11-16)31-9-7-15(8-10-31)21-28-17(13-34-21)12-33-19-4-2-18(3-5-19)32-14-27-29-30-32/h1-6,11,13-15H,7-10,12H2. The number of tetrazole rings is 1. The highest BCUT2D eigenvalue weighted by Gasteiger charge is 2.31. The molecule has 4 aromatic rings. The van der Waals surface area contributed by atoms with Crippen molar-refractivity contribution in [2.75, 3.05) is 18.0 Å². The average Bonchev–Trinajstić information content (AvgIpc) is 3.56. The van der Waals surface area contributed by atoms with Crippen LogP contribution in [-0.4, -0.2) is 43.3 Å². The Balaban J connectivity index is 1.13. The van der Waals surface area contributed by atoms with E-state index < -0.39 is 11.7 Å². The minimum absolute atomic E-state index is 0.319. The van der Waals surface area contributed by atoms with E-state index in [1.54, 1.807) is 16.0 Å². The van der Waals surface area contributed by atoms with E-state index in [9.17, 15) is 13.2 Å². The summed E-state index contributed by atoms with van der Waals surface area (Å²) in [5, 5.41) is 14.2. The zero-order chi connectivity index (χ0) is 23.5. The van der Waals surface area contributed by atoms with Gasteiger partial charge in [-0.1, -0.05) is 0 Å². The van der Waals surface area contributed by atoms with Crippen LogP contribution in [0.2, 0.25) is 0 Å². The van der Waals surface area contributed by atoms with E-state index in [0.717, 1.165) is 60.3 Å². The molecule has 0 aliphatic carbocycles. The van der Waals surface area contributed by atoms with E-state index in [4.69, 9.17) is 9.72 Å². The maximum Gasteiger partial charge on any atom is 0.417 e. The first kappa shape index (κ1) is 22.3. The minimum Gasteiger partial charge on any atom is -0.487 e. The van der Waals surface area contributed by atoms with Gasteiger partial charge >= 0.3 is 6.18 Å². The monoisotopic (exact) mass is 487 g/mol. The van der Waals surface area contributed by atoms with Gasteiger partial charge in [0.1, 0.15) is 24.5 Å². The number of halogens is 3. The van der Waals surface area contributed by atoms with E-state index >= 15 is 0 Å². The van der Waals surface area contributed by atoms with Crippen LogP contribution in [0.15, 0.2) is 54.3 Å². The Morgan fingerprint density at radius 2 is 1.85 bits per heavy atom. The van der Waals surface area contributed by atoms with Crippen LogP contribution in [0, 0.1) is 0 Å². The van der Waals surface area contributed by atoms with Crippen molar-refractivity contribution >= 4 is 17.2 Å². The van der Waals surface area contributed by atoms with Crippen molar-refractivity contribution in [2.24, 2.45) is 0 Å². The molecule has 12 heteroatoms. The Morgan fingerprint density at radius 1 is 1.06 bits per heavy atom. The largest absolute Gasteiger partial charge is 0.487 e. The molecule has 0 spiro atoms.